The Balaban J connectivity index is 1.93. The standard InChI is InChI=1S/C15H16N2O4/c1-9-10(2)21-13(16-9)8-17-6-7-20-14-11(15(18)19)4-3-5-12(14)17/h3-5H,6-8H2,1-2H3,(H,18,19). The molecular formula is C15H16N2O4. The Kier molecular flexibility index (Phi) is 3.29. The summed E-state index contributed by atoms with van der Waals surface area (Å²) in [6.07, 6.45) is 0. The molecule has 2 heterocycles. The Labute approximate surface area is 122 Å². The van der Waals surface area contributed by atoms with Crippen molar-refractivity contribution in [2.45, 2.75) is 20.4 Å². The van der Waals surface area contributed by atoms with Crippen molar-refractivity contribution in [1.82, 2.24) is 4.98 Å². The largest absolute Gasteiger partial charge is 0.489 e. The normalized spacial score (nSPS) is 13.7. The molecule has 6 nitrogen and oxygen atoms in total. The maximum Gasteiger partial charge on any atom is 0.339 e. The fourth-order valence-electron chi connectivity index (χ4n) is 2.41. The molecule has 1 aromatic carbocycles. The van der Waals surface area contributed by atoms with Gasteiger partial charge in [0, 0.05) is 0 Å². The van der Waals surface area contributed by atoms with Crippen molar-refractivity contribution in [3.05, 3.63) is 41.1 Å². The van der Waals surface area contributed by atoms with Crippen LogP contribution in [0.1, 0.15) is 27.7 Å². The van der Waals surface area contributed by atoms with Crippen LogP contribution >= 0.6 is 0 Å². The molecule has 0 radical (unpaired) electrons. The van der Waals surface area contributed by atoms with Gasteiger partial charge in [0.2, 0.25) is 5.89 Å². The van der Waals surface area contributed by atoms with E-state index in [9.17, 15) is 9.90 Å². The van der Waals surface area contributed by atoms with Gasteiger partial charge in [0.05, 0.1) is 24.5 Å². The van der Waals surface area contributed by atoms with Crippen LogP contribution in [0.15, 0.2) is 22.6 Å². The van der Waals surface area contributed by atoms with Crippen LogP contribution in [0.5, 0.6) is 5.75 Å². The highest BCUT2D eigenvalue weighted by Crippen LogP contribution is 2.35. The van der Waals surface area contributed by atoms with Gasteiger partial charge in [0.1, 0.15) is 17.9 Å². The van der Waals surface area contributed by atoms with Crippen molar-refractivity contribution in [2.24, 2.45) is 0 Å². The Morgan fingerprint density at radius 3 is 2.90 bits per heavy atom. The van der Waals surface area contributed by atoms with Gasteiger partial charge < -0.3 is 19.2 Å². The number of carboxylic acids is 1. The summed E-state index contributed by atoms with van der Waals surface area (Å²) in [4.78, 5) is 17.6. The average molecular weight is 288 g/mol. The smallest absolute Gasteiger partial charge is 0.339 e. The number of ether oxygens (including phenoxy) is 1. The Bertz CT molecular complexity index is 673. The third-order valence-corrected chi connectivity index (χ3v) is 3.57. The van der Waals surface area contributed by atoms with Crippen LogP contribution < -0.4 is 9.64 Å². The van der Waals surface area contributed by atoms with Gasteiger partial charge in [0.25, 0.3) is 0 Å². The summed E-state index contributed by atoms with van der Waals surface area (Å²) in [6.45, 7) is 5.38. The molecule has 0 saturated carbocycles. The van der Waals surface area contributed by atoms with Crippen LogP contribution in [0.4, 0.5) is 5.69 Å². The number of rotatable bonds is 3. The highest BCUT2D eigenvalue weighted by Gasteiger charge is 2.24. The van der Waals surface area contributed by atoms with Crippen molar-refractivity contribution in [3.8, 4) is 5.75 Å². The number of anilines is 1. The lowest BCUT2D eigenvalue weighted by molar-refractivity contribution is 0.0692. The minimum Gasteiger partial charge on any atom is -0.489 e. The zero-order valence-electron chi connectivity index (χ0n) is 11.9. The van der Waals surface area contributed by atoms with Crippen LogP contribution in [0.2, 0.25) is 0 Å². The molecule has 1 N–H and O–H groups in total. The zero-order valence-corrected chi connectivity index (χ0v) is 11.9. The Morgan fingerprint density at radius 2 is 2.24 bits per heavy atom. The summed E-state index contributed by atoms with van der Waals surface area (Å²) in [5, 5.41) is 9.23. The number of nitrogens with zero attached hydrogens (tertiary/aromatic N) is 2. The van der Waals surface area contributed by atoms with Crippen LogP contribution in [-0.4, -0.2) is 29.2 Å². The lowest BCUT2D eigenvalue weighted by Gasteiger charge is -2.30. The number of carboxylic acid groups (broad SMARTS) is 1. The van der Waals surface area contributed by atoms with Crippen molar-refractivity contribution in [1.29, 1.82) is 0 Å². The predicted octanol–water partition coefficient (Wildman–Crippen LogP) is 2.39. The van der Waals surface area contributed by atoms with E-state index in [0.29, 0.717) is 31.3 Å². The van der Waals surface area contributed by atoms with Crippen molar-refractivity contribution in [2.75, 3.05) is 18.1 Å². The topological polar surface area (TPSA) is 75.8 Å². The molecule has 2 aromatic rings. The number of aromatic carboxylic acids is 1. The number of aromatic nitrogens is 1. The molecule has 110 valence electrons. The van der Waals surface area contributed by atoms with Crippen LogP contribution in [0, 0.1) is 13.8 Å². The summed E-state index contributed by atoms with van der Waals surface area (Å²) in [6, 6.07) is 5.11. The van der Waals surface area contributed by atoms with Crippen LogP contribution in [0.3, 0.4) is 0 Å². The van der Waals surface area contributed by atoms with Crippen molar-refractivity contribution >= 4 is 11.7 Å². The highest BCUT2D eigenvalue weighted by atomic mass is 16.5. The molecule has 0 unspecified atom stereocenters. The molecule has 1 aliphatic heterocycles. The third kappa shape index (κ3) is 2.44. The summed E-state index contributed by atoms with van der Waals surface area (Å²) in [5.74, 6) is 0.851. The van der Waals surface area contributed by atoms with E-state index < -0.39 is 5.97 Å². The molecule has 21 heavy (non-hydrogen) atoms. The van der Waals surface area contributed by atoms with Crippen LogP contribution in [-0.2, 0) is 6.54 Å². The van der Waals surface area contributed by atoms with Gasteiger partial charge in [-0.05, 0) is 26.0 Å². The number of aryl methyl sites for hydroxylation is 2. The van der Waals surface area contributed by atoms with Gasteiger partial charge in [-0.2, -0.15) is 0 Å². The molecule has 1 aromatic heterocycles. The summed E-state index contributed by atoms with van der Waals surface area (Å²) in [5.41, 5.74) is 1.81. The van der Waals surface area contributed by atoms with E-state index in [1.165, 1.54) is 0 Å². The Morgan fingerprint density at radius 1 is 1.43 bits per heavy atom. The number of carbonyl (C=O) groups is 1. The van der Waals surface area contributed by atoms with E-state index in [1.54, 1.807) is 12.1 Å². The number of hydrogen-bond donors (Lipinski definition) is 1. The Hall–Kier alpha value is -2.50. The zero-order chi connectivity index (χ0) is 15.0. The van der Waals surface area contributed by atoms with E-state index in [0.717, 1.165) is 17.1 Å². The van der Waals surface area contributed by atoms with E-state index in [1.807, 2.05) is 24.8 Å². The second-order valence-corrected chi connectivity index (χ2v) is 4.98. The summed E-state index contributed by atoms with van der Waals surface area (Å²) in [7, 11) is 0. The first-order chi connectivity index (χ1) is 10.1. The monoisotopic (exact) mass is 288 g/mol. The number of para-hydroxylation sites is 1. The van der Waals surface area contributed by atoms with Gasteiger partial charge in [-0.1, -0.05) is 6.07 Å². The molecular weight excluding hydrogens is 272 g/mol. The predicted molar refractivity (Wildman–Crippen MR) is 75.9 cm³/mol. The molecule has 1 aliphatic rings. The minimum absolute atomic E-state index is 0.178. The van der Waals surface area contributed by atoms with Crippen molar-refractivity contribution < 1.29 is 19.1 Å². The number of fused-ring (bicyclic) bond motifs is 1. The van der Waals surface area contributed by atoms with E-state index in [-0.39, 0.29) is 5.56 Å². The van der Waals surface area contributed by atoms with Gasteiger partial charge >= 0.3 is 5.97 Å². The highest BCUT2D eigenvalue weighted by molar-refractivity contribution is 5.93. The molecule has 0 aliphatic carbocycles. The van der Waals surface area contributed by atoms with E-state index >= 15 is 0 Å². The molecule has 0 fully saturated rings. The first kappa shape index (κ1) is 13.5. The van der Waals surface area contributed by atoms with Gasteiger partial charge in [-0.25, -0.2) is 9.78 Å². The molecule has 3 rings (SSSR count). The second kappa shape index (κ2) is 5.12. The number of oxazole rings is 1. The third-order valence-electron chi connectivity index (χ3n) is 3.57. The maximum absolute atomic E-state index is 11.3. The van der Waals surface area contributed by atoms with E-state index in [4.69, 9.17) is 9.15 Å². The lowest BCUT2D eigenvalue weighted by atomic mass is 10.1. The first-order valence-corrected chi connectivity index (χ1v) is 6.73. The molecule has 0 bridgehead atoms. The maximum atomic E-state index is 11.3. The number of benzene rings is 1. The minimum atomic E-state index is -0.989. The van der Waals surface area contributed by atoms with E-state index in [2.05, 4.69) is 4.98 Å². The SMILES string of the molecule is Cc1nc(CN2CCOc3c(C(=O)O)cccc32)oc1C. The molecule has 0 atom stereocenters. The molecule has 0 spiro atoms. The first-order valence-electron chi connectivity index (χ1n) is 6.73. The fraction of sp³-hybridized carbons (Fsp3) is 0.333. The summed E-state index contributed by atoms with van der Waals surface area (Å²) >= 11 is 0. The van der Waals surface area contributed by atoms with Gasteiger partial charge in [-0.3, -0.25) is 0 Å². The fourth-order valence-corrected chi connectivity index (χ4v) is 2.41. The molecule has 6 heteroatoms. The number of hydrogen-bond acceptors (Lipinski definition) is 5. The second-order valence-electron chi connectivity index (χ2n) is 4.98. The molecule has 0 saturated heterocycles. The van der Waals surface area contributed by atoms with Gasteiger partial charge in [0.15, 0.2) is 5.75 Å². The molecule has 0 amide bonds. The summed E-state index contributed by atoms with van der Waals surface area (Å²) < 4.78 is 11.1. The average Bonchev–Trinajstić information content (AvgIpc) is 2.77. The lowest BCUT2D eigenvalue weighted by Crippen LogP contribution is -2.33. The van der Waals surface area contributed by atoms with Crippen LogP contribution in [0.25, 0.3) is 0 Å². The van der Waals surface area contributed by atoms with Crippen molar-refractivity contribution in [3.63, 3.8) is 0 Å². The van der Waals surface area contributed by atoms with Gasteiger partial charge in [-0.15, -0.1) is 0 Å². The quantitative estimate of drug-likeness (QED) is 0.934.